The number of allylic oxidation sites excluding steroid dienone is 4. The van der Waals surface area contributed by atoms with Crippen LogP contribution in [0.25, 0.3) is 0 Å². The Balaban J connectivity index is -0.000000887. The van der Waals surface area contributed by atoms with E-state index >= 15 is 0 Å². The number of amides is 2. The van der Waals surface area contributed by atoms with Crippen LogP contribution < -0.4 is 11.5 Å². The molecule has 0 aliphatic rings. The van der Waals surface area contributed by atoms with Crippen molar-refractivity contribution in [1.29, 1.82) is 0 Å². The Morgan fingerprint density at radius 3 is 0.825 bits per heavy atom. The molecule has 0 saturated carbocycles. The SMILES string of the molecule is CCCCCC/C=C\CCCCCCCC(N)=O.CCCCCC/C=C\CCCCCCCC(N)=O.O=C(O)CN(CCN(CC(=O)O)CC(=O)O)CCN(CC(=O)O)CC(=O)O. The first-order valence-electron chi connectivity index (χ1n) is 23.2. The maximum atomic E-state index is 11.0. The lowest BCUT2D eigenvalue weighted by Crippen LogP contribution is -2.45. The second-order valence-corrected chi connectivity index (χ2v) is 15.9. The second-order valence-electron chi connectivity index (χ2n) is 15.9. The fourth-order valence-corrected chi connectivity index (χ4v) is 6.25. The van der Waals surface area contributed by atoms with Gasteiger partial charge in [-0.2, -0.15) is 0 Å². The van der Waals surface area contributed by atoms with Crippen LogP contribution in [-0.2, 0) is 33.6 Å². The molecule has 0 aliphatic carbocycles. The van der Waals surface area contributed by atoms with Gasteiger partial charge >= 0.3 is 29.8 Å². The highest BCUT2D eigenvalue weighted by Crippen LogP contribution is 2.10. The fourth-order valence-electron chi connectivity index (χ4n) is 6.25. The maximum Gasteiger partial charge on any atom is 0.317 e. The Morgan fingerprint density at radius 2 is 0.571 bits per heavy atom. The first-order chi connectivity index (χ1) is 30.0. The van der Waals surface area contributed by atoms with Crippen molar-refractivity contribution in [3.63, 3.8) is 0 Å². The van der Waals surface area contributed by atoms with Gasteiger partial charge in [0.2, 0.25) is 11.8 Å². The van der Waals surface area contributed by atoms with Gasteiger partial charge in [-0.25, -0.2) is 0 Å². The van der Waals surface area contributed by atoms with E-state index in [0.29, 0.717) is 12.8 Å². The monoisotopic (exact) mass is 900 g/mol. The zero-order valence-corrected chi connectivity index (χ0v) is 38.7. The normalized spacial score (nSPS) is 11.1. The number of hydrogen-bond donors (Lipinski definition) is 7. The Morgan fingerprint density at radius 1 is 0.349 bits per heavy atom. The lowest BCUT2D eigenvalue weighted by Gasteiger charge is -2.27. The van der Waals surface area contributed by atoms with Crippen molar-refractivity contribution < 1.29 is 59.1 Å². The third kappa shape index (κ3) is 57.6. The highest BCUT2D eigenvalue weighted by Gasteiger charge is 2.19. The lowest BCUT2D eigenvalue weighted by molar-refractivity contribution is -0.143. The number of unbranched alkanes of at least 4 members (excludes halogenated alkanes) is 18. The number of rotatable bonds is 42. The highest BCUT2D eigenvalue weighted by atomic mass is 16.4. The maximum absolute atomic E-state index is 11.0. The summed E-state index contributed by atoms with van der Waals surface area (Å²) >= 11 is 0. The van der Waals surface area contributed by atoms with Crippen molar-refractivity contribution in [2.24, 2.45) is 11.5 Å². The van der Waals surface area contributed by atoms with Gasteiger partial charge in [0.15, 0.2) is 0 Å². The molecule has 0 unspecified atom stereocenters. The summed E-state index contributed by atoms with van der Waals surface area (Å²) in [6.45, 7) is 1.76. The highest BCUT2D eigenvalue weighted by molar-refractivity contribution is 5.74. The predicted molar refractivity (Wildman–Crippen MR) is 246 cm³/mol. The van der Waals surface area contributed by atoms with Gasteiger partial charge in [0.25, 0.3) is 0 Å². The van der Waals surface area contributed by atoms with Gasteiger partial charge in [0.1, 0.15) is 0 Å². The summed E-state index contributed by atoms with van der Waals surface area (Å²) in [7, 11) is 0. The van der Waals surface area contributed by atoms with Crippen LogP contribution in [0.5, 0.6) is 0 Å². The first-order valence-corrected chi connectivity index (χ1v) is 23.2. The van der Waals surface area contributed by atoms with Gasteiger partial charge in [0, 0.05) is 39.0 Å². The minimum absolute atomic E-state index is 0.000836. The molecule has 0 atom stereocenters. The molecule has 17 nitrogen and oxygen atoms in total. The number of carboxylic acid groups (broad SMARTS) is 5. The number of hydrogen-bond acceptors (Lipinski definition) is 10. The standard InChI is InChI=1S/2C16H31NO.C14H23N3O10/c2*1-2-3-4-5-6-7-8-9-10-11-12-13-14-15-16(17)18;18-10(19)5-15(1-3-16(6-11(20)21)7-12(22)23)2-4-17(8-13(24)25)9-14(26)27/h2*7-8H,2-6,9-15H2,1H3,(H2,17,18);1-9H2,(H,18,19)(H,20,21)(H,22,23)(H,24,25)(H,26,27)/b2*8-7-;. The van der Waals surface area contributed by atoms with Crippen molar-refractivity contribution in [3.05, 3.63) is 24.3 Å². The fraction of sp³-hybridized carbons (Fsp3) is 0.761. The van der Waals surface area contributed by atoms with Gasteiger partial charge in [-0.15, -0.1) is 0 Å². The van der Waals surface area contributed by atoms with Crippen molar-refractivity contribution >= 4 is 41.7 Å². The van der Waals surface area contributed by atoms with E-state index in [1.54, 1.807) is 0 Å². The molecule has 366 valence electrons. The van der Waals surface area contributed by atoms with Gasteiger partial charge in [0.05, 0.1) is 32.7 Å². The topological polar surface area (TPSA) is 282 Å². The molecule has 0 spiro atoms. The number of nitrogens with zero attached hydrogens (tertiary/aromatic N) is 3. The quantitative estimate of drug-likeness (QED) is 0.0246. The van der Waals surface area contributed by atoms with Crippen molar-refractivity contribution in [2.75, 3.05) is 58.9 Å². The molecular weight excluding hydrogens is 815 g/mol. The number of aliphatic carboxylic acids is 5. The molecule has 0 bridgehead atoms. The third-order valence-corrected chi connectivity index (χ3v) is 9.63. The van der Waals surface area contributed by atoms with Crippen LogP contribution in [0.3, 0.4) is 0 Å². The molecule has 0 aliphatic heterocycles. The smallest absolute Gasteiger partial charge is 0.317 e. The van der Waals surface area contributed by atoms with Gasteiger partial charge in [-0.05, 0) is 64.2 Å². The van der Waals surface area contributed by atoms with Crippen LogP contribution in [-0.4, -0.2) is 141 Å². The van der Waals surface area contributed by atoms with E-state index in [-0.39, 0.29) is 38.0 Å². The summed E-state index contributed by atoms with van der Waals surface area (Å²) in [4.78, 5) is 78.6. The lowest BCUT2D eigenvalue weighted by atomic mass is 10.1. The number of carboxylic acids is 5. The Bertz CT molecular complexity index is 1150. The van der Waals surface area contributed by atoms with Gasteiger partial charge in [-0.3, -0.25) is 48.3 Å². The zero-order chi connectivity index (χ0) is 47.9. The molecule has 0 saturated heterocycles. The van der Waals surface area contributed by atoms with Crippen LogP contribution in [0.1, 0.15) is 168 Å². The van der Waals surface area contributed by atoms with Crippen LogP contribution in [0.4, 0.5) is 0 Å². The predicted octanol–water partition coefficient (Wildman–Crippen LogP) is 6.77. The minimum atomic E-state index is -1.24. The summed E-state index contributed by atoms with van der Waals surface area (Å²) in [5.41, 5.74) is 10.2. The number of primary amides is 2. The number of carbonyl (C=O) groups is 7. The molecule has 63 heavy (non-hydrogen) atoms. The average Bonchev–Trinajstić information content (AvgIpc) is 3.18. The largest absolute Gasteiger partial charge is 0.480 e. The van der Waals surface area contributed by atoms with E-state index in [1.165, 1.54) is 120 Å². The second kappa shape index (κ2) is 47.1. The molecule has 0 aromatic rings. The van der Waals surface area contributed by atoms with Gasteiger partial charge in [-0.1, -0.05) is 115 Å². The summed E-state index contributed by atoms with van der Waals surface area (Å²) < 4.78 is 0. The molecule has 2 amide bonds. The summed E-state index contributed by atoms with van der Waals surface area (Å²) in [5, 5.41) is 44.1. The molecule has 0 aromatic heterocycles. The van der Waals surface area contributed by atoms with Crippen LogP contribution in [0.2, 0.25) is 0 Å². The molecule has 17 heteroatoms. The number of carbonyl (C=O) groups excluding carboxylic acids is 2. The van der Waals surface area contributed by atoms with Crippen molar-refractivity contribution in [3.8, 4) is 0 Å². The third-order valence-electron chi connectivity index (χ3n) is 9.63. The average molecular weight is 900 g/mol. The van der Waals surface area contributed by atoms with Crippen molar-refractivity contribution in [2.45, 2.75) is 168 Å². The molecule has 0 aromatic carbocycles. The Hall–Kier alpha value is -4.35. The summed E-state index contributed by atoms with van der Waals surface area (Å²) in [6, 6.07) is 0. The molecule has 0 radical (unpaired) electrons. The van der Waals surface area contributed by atoms with E-state index in [1.807, 2.05) is 0 Å². The zero-order valence-electron chi connectivity index (χ0n) is 38.7. The van der Waals surface area contributed by atoms with Gasteiger partial charge < -0.3 is 37.0 Å². The number of nitrogens with two attached hydrogens (primary N) is 2. The van der Waals surface area contributed by atoms with E-state index in [4.69, 9.17) is 37.0 Å². The Kier molecular flexibility index (Phi) is 47.1. The van der Waals surface area contributed by atoms with Crippen LogP contribution in [0, 0.1) is 0 Å². The van der Waals surface area contributed by atoms with E-state index in [0.717, 1.165) is 35.5 Å². The summed E-state index contributed by atoms with van der Waals surface area (Å²) in [5.74, 6) is -6.49. The molecule has 9 N–H and O–H groups in total. The van der Waals surface area contributed by atoms with E-state index in [2.05, 4.69) is 38.2 Å². The summed E-state index contributed by atoms with van der Waals surface area (Å²) in [6.07, 6.45) is 38.0. The van der Waals surface area contributed by atoms with E-state index in [9.17, 15) is 33.6 Å². The molecule has 0 heterocycles. The molecule has 0 rings (SSSR count). The van der Waals surface area contributed by atoms with Crippen LogP contribution in [0.15, 0.2) is 24.3 Å². The Labute approximate surface area is 377 Å². The van der Waals surface area contributed by atoms with Crippen molar-refractivity contribution in [1.82, 2.24) is 14.7 Å². The molecule has 0 fully saturated rings. The van der Waals surface area contributed by atoms with E-state index < -0.39 is 62.6 Å². The molecular formula is C46H85N5O12. The minimum Gasteiger partial charge on any atom is -0.480 e. The van der Waals surface area contributed by atoms with Crippen LogP contribution >= 0.6 is 0 Å². The first kappa shape index (κ1) is 62.9.